The van der Waals surface area contributed by atoms with E-state index in [2.05, 4.69) is 20.3 Å². The standard InChI is InChI=1S/C21H16F3N3O4S/c1-30-18(28)10-17-19(29)26-20(32-17)27-25-11-13-4-3-7-16(9-13)31-12-14-5-2-6-15(8-14)21(22,23)24/h2-11H,12H2,1H3,(H,26,27,29)/b17-10+,25-11?. The molecule has 1 aliphatic rings. The first kappa shape index (κ1) is 23.1. The summed E-state index contributed by atoms with van der Waals surface area (Å²) in [5.41, 5.74) is 0.269. The second-order valence-corrected chi connectivity index (χ2v) is 7.33. The molecule has 32 heavy (non-hydrogen) atoms. The third-order valence-corrected chi connectivity index (χ3v) is 4.87. The van der Waals surface area contributed by atoms with Crippen molar-refractivity contribution in [3.8, 4) is 5.75 Å². The molecule has 0 spiro atoms. The summed E-state index contributed by atoms with van der Waals surface area (Å²) in [7, 11) is 1.20. The molecule has 0 saturated carbocycles. The summed E-state index contributed by atoms with van der Waals surface area (Å²) in [6.45, 7) is -0.0369. The first-order valence-corrected chi connectivity index (χ1v) is 9.85. The van der Waals surface area contributed by atoms with E-state index < -0.39 is 23.6 Å². The van der Waals surface area contributed by atoms with Gasteiger partial charge in [-0.1, -0.05) is 24.3 Å². The molecule has 1 amide bonds. The highest BCUT2D eigenvalue weighted by atomic mass is 32.2. The highest BCUT2D eigenvalue weighted by molar-refractivity contribution is 8.18. The molecule has 1 saturated heterocycles. The topological polar surface area (TPSA) is 89.3 Å². The predicted molar refractivity (Wildman–Crippen MR) is 113 cm³/mol. The number of esters is 1. The molecule has 1 heterocycles. The van der Waals surface area contributed by atoms with E-state index in [-0.39, 0.29) is 16.7 Å². The largest absolute Gasteiger partial charge is 0.489 e. The summed E-state index contributed by atoms with van der Waals surface area (Å²) in [4.78, 5) is 23.1. The molecule has 0 bridgehead atoms. The first-order valence-electron chi connectivity index (χ1n) is 9.03. The van der Waals surface area contributed by atoms with Crippen molar-refractivity contribution < 1.29 is 32.2 Å². The van der Waals surface area contributed by atoms with Crippen molar-refractivity contribution in [2.75, 3.05) is 7.11 Å². The number of hydrogen-bond acceptors (Lipinski definition) is 7. The lowest BCUT2D eigenvalue weighted by Gasteiger charge is -2.10. The summed E-state index contributed by atoms with van der Waals surface area (Å²) in [5, 5.41) is 10.4. The Morgan fingerprint density at radius 1 is 1.19 bits per heavy atom. The van der Waals surface area contributed by atoms with Crippen LogP contribution in [-0.4, -0.2) is 30.4 Å². The summed E-state index contributed by atoms with van der Waals surface area (Å²) in [6.07, 6.45) is -1.95. The molecule has 0 atom stereocenters. The van der Waals surface area contributed by atoms with Crippen LogP contribution in [0.1, 0.15) is 16.7 Å². The Kier molecular flexibility index (Phi) is 7.31. The van der Waals surface area contributed by atoms with E-state index in [1.54, 1.807) is 30.3 Å². The monoisotopic (exact) mass is 463 g/mol. The number of ether oxygens (including phenoxy) is 2. The van der Waals surface area contributed by atoms with Gasteiger partial charge in [-0.15, -0.1) is 5.10 Å². The molecule has 3 rings (SSSR count). The molecule has 2 aromatic rings. The molecule has 1 fully saturated rings. The number of amides is 1. The summed E-state index contributed by atoms with van der Waals surface area (Å²) in [6, 6.07) is 11.6. The Balaban J connectivity index is 1.61. The Hall–Kier alpha value is -3.60. The zero-order valence-corrected chi connectivity index (χ0v) is 17.4. The van der Waals surface area contributed by atoms with Crippen LogP contribution in [0.4, 0.5) is 13.2 Å². The second kappa shape index (κ2) is 10.1. The third kappa shape index (κ3) is 6.45. The second-order valence-electron chi connectivity index (χ2n) is 6.30. The van der Waals surface area contributed by atoms with Crippen LogP contribution in [0.3, 0.4) is 0 Å². The summed E-state index contributed by atoms with van der Waals surface area (Å²) in [5.74, 6) is -0.709. The Morgan fingerprint density at radius 2 is 1.97 bits per heavy atom. The highest BCUT2D eigenvalue weighted by Gasteiger charge is 2.30. The normalized spacial score (nSPS) is 16.6. The zero-order chi connectivity index (χ0) is 23.1. The Labute approximate surface area is 185 Å². The molecule has 1 N–H and O–H groups in total. The van der Waals surface area contributed by atoms with Gasteiger partial charge < -0.3 is 9.47 Å². The van der Waals surface area contributed by atoms with Gasteiger partial charge in [-0.3, -0.25) is 10.1 Å². The number of carbonyl (C=O) groups is 2. The smallest absolute Gasteiger partial charge is 0.416 e. The van der Waals surface area contributed by atoms with Gasteiger partial charge >= 0.3 is 12.1 Å². The first-order chi connectivity index (χ1) is 15.2. The number of carbonyl (C=O) groups excluding carboxylic acids is 2. The summed E-state index contributed by atoms with van der Waals surface area (Å²) < 4.78 is 48.5. The molecule has 7 nitrogen and oxygen atoms in total. The number of benzene rings is 2. The van der Waals surface area contributed by atoms with Crippen molar-refractivity contribution in [1.29, 1.82) is 0 Å². The van der Waals surface area contributed by atoms with Gasteiger partial charge in [0.05, 0.1) is 23.8 Å². The van der Waals surface area contributed by atoms with Crippen LogP contribution in [0.25, 0.3) is 0 Å². The van der Waals surface area contributed by atoms with E-state index in [0.29, 0.717) is 16.9 Å². The molecule has 1 aliphatic heterocycles. The van der Waals surface area contributed by atoms with Gasteiger partial charge in [-0.25, -0.2) is 4.79 Å². The van der Waals surface area contributed by atoms with E-state index in [0.717, 1.165) is 30.0 Å². The van der Waals surface area contributed by atoms with E-state index in [1.807, 2.05) is 0 Å². The van der Waals surface area contributed by atoms with Crippen molar-refractivity contribution in [1.82, 2.24) is 5.32 Å². The molecule has 11 heteroatoms. The van der Waals surface area contributed by atoms with Gasteiger partial charge in [0.2, 0.25) is 0 Å². The highest BCUT2D eigenvalue weighted by Crippen LogP contribution is 2.29. The number of amidine groups is 1. The van der Waals surface area contributed by atoms with Gasteiger partial charge in [0.25, 0.3) is 5.91 Å². The van der Waals surface area contributed by atoms with Crippen LogP contribution >= 0.6 is 11.8 Å². The number of nitrogens with one attached hydrogen (secondary N) is 1. The third-order valence-electron chi connectivity index (χ3n) is 3.97. The number of nitrogens with zero attached hydrogens (tertiary/aromatic N) is 2. The van der Waals surface area contributed by atoms with Crippen LogP contribution in [0.5, 0.6) is 5.75 Å². The summed E-state index contributed by atoms with van der Waals surface area (Å²) >= 11 is 0.940. The lowest BCUT2D eigenvalue weighted by atomic mass is 10.1. The van der Waals surface area contributed by atoms with Gasteiger partial charge in [-0.2, -0.15) is 18.3 Å². The molecular formula is C21H16F3N3O4S. The lowest BCUT2D eigenvalue weighted by Crippen LogP contribution is -2.19. The van der Waals surface area contributed by atoms with E-state index in [9.17, 15) is 22.8 Å². The average molecular weight is 463 g/mol. The fourth-order valence-electron chi connectivity index (χ4n) is 2.48. The number of halogens is 3. The van der Waals surface area contributed by atoms with E-state index in [4.69, 9.17) is 4.74 Å². The molecule has 0 aromatic heterocycles. The molecule has 166 valence electrons. The number of hydrogen-bond donors (Lipinski definition) is 1. The van der Waals surface area contributed by atoms with Crippen LogP contribution in [0.2, 0.25) is 0 Å². The van der Waals surface area contributed by atoms with Crippen molar-refractivity contribution in [2.24, 2.45) is 10.2 Å². The quantitative estimate of drug-likeness (QED) is 0.304. The number of alkyl halides is 3. The van der Waals surface area contributed by atoms with Gasteiger partial charge in [0.1, 0.15) is 12.4 Å². The van der Waals surface area contributed by atoms with Crippen LogP contribution in [0.15, 0.2) is 69.7 Å². The van der Waals surface area contributed by atoms with Gasteiger partial charge in [-0.05, 0) is 47.2 Å². The molecule has 2 aromatic carbocycles. The minimum Gasteiger partial charge on any atom is -0.489 e. The molecule has 0 unspecified atom stereocenters. The van der Waals surface area contributed by atoms with E-state index in [1.165, 1.54) is 19.4 Å². The number of rotatable bonds is 6. The fraction of sp³-hybridized carbons (Fsp3) is 0.143. The van der Waals surface area contributed by atoms with Gasteiger partial charge in [0, 0.05) is 6.08 Å². The van der Waals surface area contributed by atoms with Crippen LogP contribution in [0, 0.1) is 0 Å². The number of thioether (sulfide) groups is 1. The van der Waals surface area contributed by atoms with Crippen LogP contribution < -0.4 is 10.1 Å². The van der Waals surface area contributed by atoms with Crippen molar-refractivity contribution in [3.05, 3.63) is 76.2 Å². The Bertz CT molecular complexity index is 1110. The molecular weight excluding hydrogens is 447 g/mol. The fourth-order valence-corrected chi connectivity index (χ4v) is 3.22. The maximum Gasteiger partial charge on any atom is 0.416 e. The van der Waals surface area contributed by atoms with Gasteiger partial charge in [0.15, 0.2) is 5.17 Å². The minimum atomic E-state index is -4.42. The zero-order valence-electron chi connectivity index (χ0n) is 16.6. The average Bonchev–Trinajstić information content (AvgIpc) is 3.11. The van der Waals surface area contributed by atoms with E-state index >= 15 is 0 Å². The van der Waals surface area contributed by atoms with Crippen molar-refractivity contribution >= 4 is 35.0 Å². The SMILES string of the molecule is COC(=O)/C=C1/S/C(=N\N=Cc2cccc(OCc3cccc(C(F)(F)F)c3)c2)NC1=O. The Morgan fingerprint density at radius 3 is 2.72 bits per heavy atom. The molecule has 0 aliphatic carbocycles. The number of methoxy groups -OCH3 is 1. The lowest BCUT2D eigenvalue weighted by molar-refractivity contribution is -0.137. The minimum absolute atomic E-state index is 0.0369. The van der Waals surface area contributed by atoms with Crippen molar-refractivity contribution in [3.63, 3.8) is 0 Å². The van der Waals surface area contributed by atoms with Crippen LogP contribution in [-0.2, 0) is 27.1 Å². The van der Waals surface area contributed by atoms with Crippen molar-refractivity contribution in [2.45, 2.75) is 12.8 Å². The molecule has 0 radical (unpaired) electrons. The predicted octanol–water partition coefficient (Wildman–Crippen LogP) is 3.89. The maximum absolute atomic E-state index is 12.8. The maximum atomic E-state index is 12.8.